The van der Waals surface area contributed by atoms with Gasteiger partial charge in [-0.3, -0.25) is 9.69 Å². The molecule has 2 heterocycles. The summed E-state index contributed by atoms with van der Waals surface area (Å²) in [6, 6.07) is 5.43. The fraction of sp³-hybridized carbons (Fsp3) is 0.562. The minimum atomic E-state index is -0.714. The summed E-state index contributed by atoms with van der Waals surface area (Å²) < 4.78 is 13.9. The van der Waals surface area contributed by atoms with Crippen molar-refractivity contribution in [2.24, 2.45) is 5.92 Å². The maximum Gasteiger partial charge on any atom is 0.303 e. The molecule has 1 N–H and O–H groups in total. The van der Waals surface area contributed by atoms with E-state index in [4.69, 9.17) is 16.7 Å². The van der Waals surface area contributed by atoms with Gasteiger partial charge in [-0.15, -0.1) is 0 Å². The van der Waals surface area contributed by atoms with E-state index in [0.717, 1.165) is 25.7 Å². The lowest BCUT2D eigenvalue weighted by molar-refractivity contribution is -0.138. The number of fused-ring (bicyclic) bond motifs is 2. The number of benzene rings is 1. The first-order valence-corrected chi connectivity index (χ1v) is 7.82. The summed E-state index contributed by atoms with van der Waals surface area (Å²) in [7, 11) is 0. The molecule has 2 aliphatic rings. The minimum absolute atomic E-state index is 0.216. The van der Waals surface area contributed by atoms with Crippen LogP contribution in [0.3, 0.4) is 0 Å². The van der Waals surface area contributed by atoms with Crippen LogP contribution >= 0.6 is 11.6 Å². The van der Waals surface area contributed by atoms with E-state index < -0.39 is 5.97 Å². The molecule has 0 aromatic heterocycles. The highest BCUT2D eigenvalue weighted by Gasteiger charge is 2.41. The summed E-state index contributed by atoms with van der Waals surface area (Å²) in [6.07, 6.45) is 4.24. The fourth-order valence-electron chi connectivity index (χ4n) is 3.92. The molecule has 2 saturated heterocycles. The fourth-order valence-corrected chi connectivity index (χ4v) is 4.11. The predicted molar refractivity (Wildman–Crippen MR) is 78.7 cm³/mol. The Bertz CT molecular complexity index is 537. The Morgan fingerprint density at radius 1 is 1.33 bits per heavy atom. The molecular formula is C16H19ClFNO2. The van der Waals surface area contributed by atoms with Crippen molar-refractivity contribution in [1.82, 2.24) is 4.90 Å². The van der Waals surface area contributed by atoms with Crippen molar-refractivity contribution in [1.29, 1.82) is 0 Å². The van der Waals surface area contributed by atoms with Gasteiger partial charge in [0.25, 0.3) is 0 Å². The van der Waals surface area contributed by atoms with Crippen LogP contribution in [-0.2, 0) is 11.3 Å². The second-order valence-electron chi connectivity index (χ2n) is 6.23. The second-order valence-corrected chi connectivity index (χ2v) is 6.66. The molecule has 5 heteroatoms. The summed E-state index contributed by atoms with van der Waals surface area (Å²) in [4.78, 5) is 13.2. The molecule has 2 fully saturated rings. The Labute approximate surface area is 128 Å². The molecule has 0 amide bonds. The van der Waals surface area contributed by atoms with Gasteiger partial charge in [0, 0.05) is 35.6 Å². The van der Waals surface area contributed by atoms with Gasteiger partial charge in [0.2, 0.25) is 0 Å². The zero-order valence-corrected chi connectivity index (χ0v) is 12.5. The number of piperidine rings is 1. The zero-order chi connectivity index (χ0) is 15.0. The van der Waals surface area contributed by atoms with E-state index in [1.165, 1.54) is 6.07 Å². The second kappa shape index (κ2) is 5.93. The molecule has 1 aromatic carbocycles. The van der Waals surface area contributed by atoms with Crippen LogP contribution in [0.5, 0.6) is 0 Å². The highest BCUT2D eigenvalue weighted by atomic mass is 35.5. The zero-order valence-electron chi connectivity index (χ0n) is 11.8. The van der Waals surface area contributed by atoms with Gasteiger partial charge >= 0.3 is 5.97 Å². The normalized spacial score (nSPS) is 28.8. The SMILES string of the molecule is O=C(O)CC1CC2CCC(C1)N2Cc1cc(Cl)ccc1F. The van der Waals surface area contributed by atoms with E-state index in [1.54, 1.807) is 12.1 Å². The smallest absolute Gasteiger partial charge is 0.303 e. The van der Waals surface area contributed by atoms with Gasteiger partial charge < -0.3 is 5.11 Å². The summed E-state index contributed by atoms with van der Waals surface area (Å²) in [5, 5.41) is 9.50. The maximum atomic E-state index is 13.9. The van der Waals surface area contributed by atoms with Crippen LogP contribution in [0, 0.1) is 11.7 Å². The average molecular weight is 312 g/mol. The lowest BCUT2D eigenvalue weighted by atomic mass is 9.88. The Hall–Kier alpha value is -1.13. The molecule has 0 spiro atoms. The van der Waals surface area contributed by atoms with Crippen LogP contribution in [0.1, 0.15) is 37.7 Å². The highest BCUT2D eigenvalue weighted by molar-refractivity contribution is 6.30. The number of carboxylic acids is 1. The highest BCUT2D eigenvalue weighted by Crippen LogP contribution is 2.41. The first kappa shape index (κ1) is 14.8. The first-order valence-electron chi connectivity index (χ1n) is 7.44. The van der Waals surface area contributed by atoms with Crippen molar-refractivity contribution in [2.45, 2.75) is 50.7 Å². The summed E-state index contributed by atoms with van der Waals surface area (Å²) >= 11 is 5.95. The van der Waals surface area contributed by atoms with Crippen molar-refractivity contribution in [3.8, 4) is 0 Å². The molecule has 0 aliphatic carbocycles. The Morgan fingerprint density at radius 2 is 2.00 bits per heavy atom. The number of hydrogen-bond donors (Lipinski definition) is 1. The van der Waals surface area contributed by atoms with Crippen molar-refractivity contribution in [2.75, 3.05) is 0 Å². The number of aliphatic carboxylic acids is 1. The van der Waals surface area contributed by atoms with Gasteiger partial charge in [0.05, 0.1) is 0 Å². The maximum absolute atomic E-state index is 13.9. The van der Waals surface area contributed by atoms with Gasteiger partial charge in [-0.05, 0) is 49.8 Å². The van der Waals surface area contributed by atoms with Crippen LogP contribution in [0.25, 0.3) is 0 Å². The largest absolute Gasteiger partial charge is 0.481 e. The van der Waals surface area contributed by atoms with Gasteiger partial charge in [0.15, 0.2) is 0 Å². The predicted octanol–water partition coefficient (Wildman–Crippen LogP) is 3.70. The van der Waals surface area contributed by atoms with Crippen LogP contribution in [0.2, 0.25) is 5.02 Å². The molecule has 2 aliphatic heterocycles. The number of rotatable bonds is 4. The molecule has 3 rings (SSSR count). The minimum Gasteiger partial charge on any atom is -0.481 e. The standard InChI is InChI=1S/C16H19ClFNO2/c17-12-1-4-15(18)11(8-12)9-19-13-2-3-14(19)6-10(5-13)7-16(20)21/h1,4,8,10,13-14H,2-3,5-7,9H2,(H,20,21). The third kappa shape index (κ3) is 3.22. The lowest BCUT2D eigenvalue weighted by Crippen LogP contribution is -2.42. The molecule has 0 radical (unpaired) electrons. The number of halogens is 2. The third-order valence-electron chi connectivity index (χ3n) is 4.81. The summed E-state index contributed by atoms with van der Waals surface area (Å²) in [5.41, 5.74) is 0.635. The molecule has 114 valence electrons. The van der Waals surface area contributed by atoms with E-state index >= 15 is 0 Å². The van der Waals surface area contributed by atoms with E-state index in [0.29, 0.717) is 29.2 Å². The number of carboxylic acid groups (broad SMARTS) is 1. The number of hydrogen-bond acceptors (Lipinski definition) is 2. The molecule has 3 nitrogen and oxygen atoms in total. The van der Waals surface area contributed by atoms with Gasteiger partial charge in [-0.25, -0.2) is 4.39 Å². The van der Waals surface area contributed by atoms with Crippen molar-refractivity contribution >= 4 is 17.6 Å². The van der Waals surface area contributed by atoms with E-state index in [9.17, 15) is 9.18 Å². The summed E-state index contributed by atoms with van der Waals surface area (Å²) in [6.45, 7) is 0.571. The molecule has 0 saturated carbocycles. The molecule has 21 heavy (non-hydrogen) atoms. The number of nitrogens with zero attached hydrogens (tertiary/aromatic N) is 1. The average Bonchev–Trinajstić information content (AvgIpc) is 2.65. The van der Waals surface area contributed by atoms with Crippen LogP contribution in [0.15, 0.2) is 18.2 Å². The van der Waals surface area contributed by atoms with E-state index in [1.807, 2.05) is 0 Å². The van der Waals surface area contributed by atoms with E-state index in [2.05, 4.69) is 4.90 Å². The van der Waals surface area contributed by atoms with Gasteiger partial charge in [-0.1, -0.05) is 11.6 Å². The van der Waals surface area contributed by atoms with Crippen molar-refractivity contribution in [3.63, 3.8) is 0 Å². The Balaban J connectivity index is 1.71. The quantitative estimate of drug-likeness (QED) is 0.922. The van der Waals surface area contributed by atoms with Crippen molar-refractivity contribution < 1.29 is 14.3 Å². The molecule has 1 aromatic rings. The van der Waals surface area contributed by atoms with Crippen LogP contribution in [0.4, 0.5) is 4.39 Å². The van der Waals surface area contributed by atoms with Crippen LogP contribution < -0.4 is 0 Å². The topological polar surface area (TPSA) is 40.5 Å². The Morgan fingerprint density at radius 3 is 2.62 bits per heavy atom. The number of carbonyl (C=O) groups is 1. The summed E-state index contributed by atoms with van der Waals surface area (Å²) in [5.74, 6) is -0.666. The van der Waals surface area contributed by atoms with Crippen molar-refractivity contribution in [3.05, 3.63) is 34.6 Å². The molecule has 2 unspecified atom stereocenters. The first-order chi connectivity index (χ1) is 10.0. The third-order valence-corrected chi connectivity index (χ3v) is 5.04. The molecule has 2 atom stereocenters. The monoisotopic (exact) mass is 311 g/mol. The van der Waals surface area contributed by atoms with Crippen LogP contribution in [-0.4, -0.2) is 28.1 Å². The lowest BCUT2D eigenvalue weighted by Gasteiger charge is -2.38. The Kier molecular flexibility index (Phi) is 4.18. The van der Waals surface area contributed by atoms with Gasteiger partial charge in [-0.2, -0.15) is 0 Å². The molecule has 2 bridgehead atoms. The van der Waals surface area contributed by atoms with Gasteiger partial charge in [0.1, 0.15) is 5.82 Å². The van der Waals surface area contributed by atoms with E-state index in [-0.39, 0.29) is 18.2 Å². The molecular weight excluding hydrogens is 293 g/mol.